The summed E-state index contributed by atoms with van der Waals surface area (Å²) >= 11 is 5.80. The largest absolute Gasteiger partial charge is 0.376 e. The number of hydrogen-bond acceptors (Lipinski definition) is 2. The third-order valence-corrected chi connectivity index (χ3v) is 3.07. The Bertz CT molecular complexity index is 154. The highest BCUT2D eigenvalue weighted by Crippen LogP contribution is 2.13. The molecule has 0 N–H and O–H groups in total. The zero-order valence-electron chi connectivity index (χ0n) is 8.79. The lowest BCUT2D eigenvalue weighted by atomic mass is 10.1. The van der Waals surface area contributed by atoms with Crippen LogP contribution in [0.15, 0.2) is 0 Å². The fourth-order valence-electron chi connectivity index (χ4n) is 1.68. The van der Waals surface area contributed by atoms with E-state index >= 15 is 0 Å². The van der Waals surface area contributed by atoms with Gasteiger partial charge in [0.2, 0.25) is 0 Å². The summed E-state index contributed by atoms with van der Waals surface area (Å²) < 4.78 is 5.56. The van der Waals surface area contributed by atoms with E-state index in [1.807, 2.05) is 0 Å². The van der Waals surface area contributed by atoms with Crippen LogP contribution in [0, 0.1) is 5.92 Å². The van der Waals surface area contributed by atoms with Gasteiger partial charge in [-0.05, 0) is 19.8 Å². The zero-order valence-corrected chi connectivity index (χ0v) is 9.55. The highest BCUT2D eigenvalue weighted by atomic mass is 35.5. The standard InChI is InChI=1S/C10H20ClNO/c1-8(4-11)5-12-6-10(3)13-7-9(12)2/h8-10H,4-7H2,1-3H3. The molecule has 3 heteroatoms. The molecule has 1 heterocycles. The third-order valence-electron chi connectivity index (χ3n) is 2.55. The molecule has 78 valence electrons. The third kappa shape index (κ3) is 3.45. The van der Waals surface area contributed by atoms with Crippen LogP contribution < -0.4 is 0 Å². The van der Waals surface area contributed by atoms with E-state index in [2.05, 4.69) is 25.7 Å². The smallest absolute Gasteiger partial charge is 0.0674 e. The average molecular weight is 206 g/mol. The lowest BCUT2D eigenvalue weighted by Gasteiger charge is -2.37. The van der Waals surface area contributed by atoms with Crippen LogP contribution in [0.25, 0.3) is 0 Å². The summed E-state index contributed by atoms with van der Waals surface area (Å²) in [6.45, 7) is 9.54. The molecule has 2 nitrogen and oxygen atoms in total. The van der Waals surface area contributed by atoms with E-state index in [-0.39, 0.29) is 0 Å². The molecule has 0 amide bonds. The molecule has 13 heavy (non-hydrogen) atoms. The highest BCUT2D eigenvalue weighted by Gasteiger charge is 2.24. The van der Waals surface area contributed by atoms with Crippen molar-refractivity contribution in [2.24, 2.45) is 5.92 Å². The topological polar surface area (TPSA) is 12.5 Å². The van der Waals surface area contributed by atoms with Gasteiger partial charge in [0.1, 0.15) is 0 Å². The second-order valence-corrected chi connectivity index (χ2v) is 4.51. The Labute approximate surface area is 86.2 Å². The average Bonchev–Trinajstić information content (AvgIpc) is 2.11. The molecule has 1 rings (SSSR count). The second kappa shape index (κ2) is 5.18. The molecule has 0 aliphatic carbocycles. The molecule has 1 aliphatic rings. The minimum Gasteiger partial charge on any atom is -0.376 e. The molecular formula is C10H20ClNO. The van der Waals surface area contributed by atoms with Crippen molar-refractivity contribution in [3.8, 4) is 0 Å². The summed E-state index contributed by atoms with van der Waals surface area (Å²) in [5.74, 6) is 1.33. The quantitative estimate of drug-likeness (QED) is 0.654. The zero-order chi connectivity index (χ0) is 9.84. The Kier molecular flexibility index (Phi) is 4.50. The van der Waals surface area contributed by atoms with Crippen molar-refractivity contribution in [3.63, 3.8) is 0 Å². The molecule has 0 spiro atoms. The number of nitrogens with zero attached hydrogens (tertiary/aromatic N) is 1. The predicted molar refractivity (Wildman–Crippen MR) is 56.3 cm³/mol. The van der Waals surface area contributed by atoms with Gasteiger partial charge in [0.15, 0.2) is 0 Å². The summed E-state index contributed by atoms with van der Waals surface area (Å²) in [7, 11) is 0. The van der Waals surface area contributed by atoms with Crippen molar-refractivity contribution in [2.45, 2.75) is 32.9 Å². The van der Waals surface area contributed by atoms with E-state index in [4.69, 9.17) is 16.3 Å². The molecule has 1 aliphatic heterocycles. The van der Waals surface area contributed by atoms with Gasteiger partial charge in [-0.15, -0.1) is 11.6 Å². The van der Waals surface area contributed by atoms with Crippen molar-refractivity contribution < 1.29 is 4.74 Å². The molecule has 1 saturated heterocycles. The van der Waals surface area contributed by atoms with Crippen LogP contribution in [-0.2, 0) is 4.74 Å². The van der Waals surface area contributed by atoms with Gasteiger partial charge < -0.3 is 4.74 Å². The maximum Gasteiger partial charge on any atom is 0.0674 e. The van der Waals surface area contributed by atoms with E-state index in [9.17, 15) is 0 Å². The Morgan fingerprint density at radius 3 is 2.85 bits per heavy atom. The van der Waals surface area contributed by atoms with Crippen LogP contribution in [0.5, 0.6) is 0 Å². The number of hydrogen-bond donors (Lipinski definition) is 0. The molecule has 0 saturated carbocycles. The van der Waals surface area contributed by atoms with Crippen molar-refractivity contribution in [2.75, 3.05) is 25.6 Å². The fourth-order valence-corrected chi connectivity index (χ4v) is 1.77. The van der Waals surface area contributed by atoms with E-state index in [1.54, 1.807) is 0 Å². The summed E-state index contributed by atoms with van der Waals surface area (Å²) in [6, 6.07) is 0.543. The molecule has 0 radical (unpaired) electrons. The maximum atomic E-state index is 5.80. The molecule has 0 aromatic rings. The number of ether oxygens (including phenoxy) is 1. The molecule has 3 unspecified atom stereocenters. The van der Waals surface area contributed by atoms with E-state index in [0.717, 1.165) is 25.6 Å². The number of morpholine rings is 1. The van der Waals surface area contributed by atoms with Gasteiger partial charge in [0.25, 0.3) is 0 Å². The van der Waals surface area contributed by atoms with Crippen molar-refractivity contribution in [1.29, 1.82) is 0 Å². The number of alkyl halides is 1. The molecule has 1 fully saturated rings. The predicted octanol–water partition coefficient (Wildman–Crippen LogP) is 1.97. The SMILES string of the molecule is CC(CCl)CN1CC(C)OCC1C. The van der Waals surface area contributed by atoms with Crippen LogP contribution in [-0.4, -0.2) is 42.6 Å². The normalized spacial score (nSPS) is 33.2. The first-order valence-electron chi connectivity index (χ1n) is 5.05. The number of halogens is 1. The molecule has 0 bridgehead atoms. The van der Waals surface area contributed by atoms with E-state index < -0.39 is 0 Å². The van der Waals surface area contributed by atoms with Gasteiger partial charge in [-0.1, -0.05) is 6.92 Å². The Morgan fingerprint density at radius 2 is 2.23 bits per heavy atom. The van der Waals surface area contributed by atoms with Gasteiger partial charge in [0.05, 0.1) is 12.7 Å². The summed E-state index contributed by atoms with van der Waals surface area (Å²) in [5.41, 5.74) is 0. The Hall–Kier alpha value is 0.210. The van der Waals surface area contributed by atoms with Crippen LogP contribution >= 0.6 is 11.6 Å². The highest BCUT2D eigenvalue weighted by molar-refractivity contribution is 6.18. The van der Waals surface area contributed by atoms with Crippen LogP contribution in [0.3, 0.4) is 0 Å². The minimum absolute atomic E-state index is 0.374. The first-order valence-corrected chi connectivity index (χ1v) is 5.58. The number of rotatable bonds is 3. The first-order chi connectivity index (χ1) is 6.13. The minimum atomic E-state index is 0.374. The van der Waals surface area contributed by atoms with Crippen LogP contribution in [0.4, 0.5) is 0 Å². The second-order valence-electron chi connectivity index (χ2n) is 4.21. The molecular weight excluding hydrogens is 186 g/mol. The Morgan fingerprint density at radius 1 is 1.54 bits per heavy atom. The van der Waals surface area contributed by atoms with Crippen molar-refractivity contribution >= 4 is 11.6 Å². The van der Waals surface area contributed by atoms with Gasteiger partial charge in [0, 0.05) is 25.0 Å². The summed E-state index contributed by atoms with van der Waals surface area (Å²) in [5, 5.41) is 0. The molecule has 3 atom stereocenters. The van der Waals surface area contributed by atoms with E-state index in [1.165, 1.54) is 0 Å². The van der Waals surface area contributed by atoms with Gasteiger partial charge in [-0.25, -0.2) is 0 Å². The maximum absolute atomic E-state index is 5.80. The van der Waals surface area contributed by atoms with Gasteiger partial charge in [-0.3, -0.25) is 4.90 Å². The lowest BCUT2D eigenvalue weighted by molar-refractivity contribution is -0.0526. The fraction of sp³-hybridized carbons (Fsp3) is 1.00. The summed E-state index contributed by atoms with van der Waals surface area (Å²) in [6.07, 6.45) is 0.374. The van der Waals surface area contributed by atoms with E-state index in [0.29, 0.717) is 18.1 Å². The van der Waals surface area contributed by atoms with Gasteiger partial charge >= 0.3 is 0 Å². The van der Waals surface area contributed by atoms with Gasteiger partial charge in [-0.2, -0.15) is 0 Å². The molecule has 0 aromatic carbocycles. The van der Waals surface area contributed by atoms with Crippen LogP contribution in [0.1, 0.15) is 20.8 Å². The van der Waals surface area contributed by atoms with Crippen molar-refractivity contribution in [1.82, 2.24) is 4.90 Å². The lowest BCUT2D eigenvalue weighted by Crippen LogP contribution is -2.48. The monoisotopic (exact) mass is 205 g/mol. The summed E-state index contributed by atoms with van der Waals surface area (Å²) in [4.78, 5) is 2.47. The Balaban J connectivity index is 2.37. The first kappa shape index (κ1) is 11.3. The molecule has 0 aromatic heterocycles. The van der Waals surface area contributed by atoms with Crippen LogP contribution in [0.2, 0.25) is 0 Å². The van der Waals surface area contributed by atoms with Crippen molar-refractivity contribution in [3.05, 3.63) is 0 Å².